The number of ketones is 2. The van der Waals surface area contributed by atoms with E-state index in [-0.39, 0.29) is 29.8 Å². The number of aryl methyl sites for hydroxylation is 2. The molecule has 0 aliphatic rings. The Morgan fingerprint density at radius 2 is 0.770 bits per heavy atom. The van der Waals surface area contributed by atoms with Crippen molar-refractivity contribution in [3.8, 4) is 186 Å². The van der Waals surface area contributed by atoms with Crippen molar-refractivity contribution in [3.63, 3.8) is 0 Å². The van der Waals surface area contributed by atoms with E-state index in [4.69, 9.17) is 85.5 Å². The number of amides is 3. The molecule has 21 rings (SSSR count). The standard InChI is InChI=1S/C22H17N7OS.C22H20N4O3S.C21H16Cl2N4O2S.C20H16ClN5O2S.C20H16ClN5OS/c1-14(30)27-18-13-16(6-8-23-18)22-28-19(20(31-22)21-24-9-10-25-21)15-4-2-5-17(12-15)29-11-3-7-26-29;1-13(27)10-16-11-15(6-7-23-16)22-26-19(20(30-22)21-24-8-9-25-21)14-4-5-17(28-2)18(12-14)29-3;1-11(28)7-13-9-15(17(29-2)10-26-13)21-27-18(14-4-3-12(22)8-16(14)23)19(30-21)20-24-5-6-25-20;1-11-3-4-13(14(21)9-11)16-17(18-23-7-8-24-18)29-19(26-16)12-5-6-22-15(10-12)25-20(27)28-2;1-11-3-4-15(21)14(9-11)17-18(19-23-7-8-24-19)28-20(26-17)13-5-6-22-16(10-13)25-12(2)27/h2-13H,1H3,(H,24,25)(H,23,27,30);4-9,11-12H,10H2,1-3H3,(H,24,25);3-6,8-10H,7H2,1-2H3,(H,24,25);3-10H,1-2H3,(H,23,24)(H,22,25,27);3-10H,1-2H3,(H,23,24)(H,22,25,27). The number of ether oxygens (including phenoxy) is 4. The maximum Gasteiger partial charge on any atom is 0.412 e. The Morgan fingerprint density at radius 1 is 0.345 bits per heavy atom. The van der Waals surface area contributed by atoms with Crippen molar-refractivity contribution in [1.82, 2.24) is 109 Å². The number of hydrogen-bond acceptors (Lipinski definition) is 30. The van der Waals surface area contributed by atoms with Crippen LogP contribution >= 0.6 is 103 Å². The minimum absolute atomic E-state index is 0.0302. The number of rotatable bonds is 26. The fraction of sp³-hybridized carbons (Fsp3) is 0.114. The topological polar surface area (TPSA) is 448 Å². The molecule has 3 amide bonds. The molecule has 0 bridgehead atoms. The van der Waals surface area contributed by atoms with Gasteiger partial charge in [-0.15, -0.1) is 56.7 Å². The summed E-state index contributed by atoms with van der Waals surface area (Å²) < 4.78 is 22.7. The van der Waals surface area contributed by atoms with E-state index in [1.165, 1.54) is 84.6 Å². The zero-order valence-corrected chi connectivity index (χ0v) is 87.2. The lowest BCUT2D eigenvalue weighted by Crippen LogP contribution is -2.11. The summed E-state index contributed by atoms with van der Waals surface area (Å²) in [5.74, 6) is 6.55. The number of halogens is 4. The van der Waals surface area contributed by atoms with E-state index in [0.717, 1.165) is 163 Å². The number of hydrogen-bond donors (Lipinski definition) is 8. The summed E-state index contributed by atoms with van der Waals surface area (Å²) in [5.41, 5.74) is 16.7. The number of carbonyl (C=O) groups excluding carboxylic acids is 5. The predicted molar refractivity (Wildman–Crippen MR) is 582 cm³/mol. The first-order valence-corrected chi connectivity index (χ1v) is 50.5. The van der Waals surface area contributed by atoms with Crippen LogP contribution in [0.2, 0.25) is 20.1 Å². The third-order valence-electron chi connectivity index (χ3n) is 21.5. The number of anilines is 3. The largest absolute Gasteiger partial charge is 0.494 e. The second-order valence-electron chi connectivity index (χ2n) is 32.3. The lowest BCUT2D eigenvalue weighted by Gasteiger charge is -2.09. The van der Waals surface area contributed by atoms with Crippen LogP contribution in [0.5, 0.6) is 17.2 Å². The number of imidazole rings is 5. The Kier molecular flexibility index (Phi) is 33.0. The molecular formula is C105H85Cl4N25O9S5. The SMILES string of the molecule is CC(=O)Nc1cc(-c2nc(-c3cc(C)ccc3Cl)c(-c3ncc[nH]3)s2)ccn1.CC(=O)Nc1cc(-c2nc(-c3cccc(-n4cccn4)c3)c(-c3ncc[nH]3)s2)ccn1.COC(=O)Nc1cc(-c2nc(-c3ccc(C)cc3Cl)c(-c3ncc[nH]3)s2)ccn1.COc1ccc(-c2nc(-c3ccnc(CC(C)=O)c3)sc2-c2ncc[nH]2)cc1OC.COc1cnc(CC(C)=O)cc1-c1nc(-c2ccc(Cl)cc2Cl)c(-c2ncc[nH]2)s1. The van der Waals surface area contributed by atoms with E-state index >= 15 is 0 Å². The Balaban J connectivity index is 0.000000126. The van der Waals surface area contributed by atoms with E-state index < -0.39 is 6.09 Å². The van der Waals surface area contributed by atoms with Crippen LogP contribution in [-0.4, -0.2) is 167 Å². The molecule has 43 heteroatoms. The second-order valence-corrected chi connectivity index (χ2v) is 38.9. The molecule has 742 valence electrons. The fourth-order valence-corrected chi connectivity index (χ4v) is 21.2. The smallest absolute Gasteiger partial charge is 0.412 e. The van der Waals surface area contributed by atoms with Crippen molar-refractivity contribution in [1.29, 1.82) is 0 Å². The Hall–Kier alpha value is -16.6. The molecule has 0 saturated carbocycles. The van der Waals surface area contributed by atoms with Crippen molar-refractivity contribution >= 4 is 150 Å². The molecule has 0 unspecified atom stereocenters. The van der Waals surface area contributed by atoms with Gasteiger partial charge >= 0.3 is 6.09 Å². The maximum absolute atomic E-state index is 11.6. The van der Waals surface area contributed by atoms with Gasteiger partial charge in [0.25, 0.3) is 0 Å². The number of thiazole rings is 5. The quantitative estimate of drug-likeness (QED) is 0.0250. The first-order chi connectivity index (χ1) is 71.8. The summed E-state index contributed by atoms with van der Waals surface area (Å²) in [6.45, 7) is 10.00. The third kappa shape index (κ3) is 24.9. The van der Waals surface area contributed by atoms with Crippen molar-refractivity contribution < 1.29 is 42.9 Å². The van der Waals surface area contributed by atoms with Gasteiger partial charge in [-0.25, -0.2) is 74.3 Å². The summed E-state index contributed by atoms with van der Waals surface area (Å²) in [7, 11) is 6.08. The first-order valence-electron chi connectivity index (χ1n) is 44.9. The van der Waals surface area contributed by atoms with Gasteiger partial charge < -0.3 is 54.5 Å². The summed E-state index contributed by atoms with van der Waals surface area (Å²) >= 11 is 33.0. The molecule has 21 aromatic rings. The van der Waals surface area contributed by atoms with Gasteiger partial charge in [-0.3, -0.25) is 34.5 Å². The molecule has 0 radical (unpaired) electrons. The molecule has 0 fully saturated rings. The van der Waals surface area contributed by atoms with Crippen LogP contribution in [0.3, 0.4) is 0 Å². The predicted octanol–water partition coefficient (Wildman–Crippen LogP) is 25.1. The minimum atomic E-state index is -0.586. The van der Waals surface area contributed by atoms with Crippen LogP contribution in [0.1, 0.15) is 50.2 Å². The molecule has 34 nitrogen and oxygen atoms in total. The molecule has 0 atom stereocenters. The number of aromatic nitrogens is 22. The molecule has 0 saturated heterocycles. The van der Waals surface area contributed by atoms with Crippen LogP contribution in [0, 0.1) is 13.8 Å². The molecule has 0 spiro atoms. The van der Waals surface area contributed by atoms with E-state index in [9.17, 15) is 24.0 Å². The van der Waals surface area contributed by atoms with E-state index in [1.54, 1.807) is 152 Å². The number of carbonyl (C=O) groups is 5. The molecule has 148 heavy (non-hydrogen) atoms. The van der Waals surface area contributed by atoms with Crippen molar-refractivity contribution in [2.45, 2.75) is 54.4 Å². The van der Waals surface area contributed by atoms with Gasteiger partial charge in [0.2, 0.25) is 11.8 Å². The van der Waals surface area contributed by atoms with Crippen LogP contribution < -0.4 is 30.2 Å². The van der Waals surface area contributed by atoms with Gasteiger partial charge in [-0.05, 0) is 161 Å². The minimum Gasteiger partial charge on any atom is -0.494 e. The number of benzene rings is 5. The maximum atomic E-state index is 11.6. The second kappa shape index (κ2) is 47.5. The van der Waals surface area contributed by atoms with Crippen molar-refractivity contribution in [2.75, 3.05) is 44.4 Å². The van der Waals surface area contributed by atoms with E-state index in [1.807, 2.05) is 158 Å². The normalized spacial score (nSPS) is 10.8. The van der Waals surface area contributed by atoms with E-state index in [2.05, 4.69) is 101 Å². The summed E-state index contributed by atoms with van der Waals surface area (Å²) in [6, 6.07) is 49.2. The first kappa shape index (κ1) is 103. The average molecular weight is 2140 g/mol. The number of Topliss-reactive ketones (excluding diaryl/α,β-unsaturated/α-hetero) is 2. The highest BCUT2D eigenvalue weighted by Crippen LogP contribution is 2.49. The van der Waals surface area contributed by atoms with Gasteiger partial charge in [0.15, 0.2) is 11.5 Å². The zero-order chi connectivity index (χ0) is 104. The number of pyridine rings is 5. The third-order valence-corrected chi connectivity index (χ3v) is 28.3. The van der Waals surface area contributed by atoms with Crippen LogP contribution in [0.25, 0.3) is 168 Å². The highest BCUT2D eigenvalue weighted by atomic mass is 35.5. The van der Waals surface area contributed by atoms with Crippen LogP contribution in [0.4, 0.5) is 22.2 Å². The number of aromatic amines is 5. The summed E-state index contributed by atoms with van der Waals surface area (Å²) in [5, 5.41) is 18.4. The molecule has 16 heterocycles. The Labute approximate surface area is 885 Å². The van der Waals surface area contributed by atoms with Crippen LogP contribution in [0.15, 0.2) is 263 Å². The highest BCUT2D eigenvalue weighted by Gasteiger charge is 2.28. The van der Waals surface area contributed by atoms with Crippen LogP contribution in [-0.2, 0) is 36.8 Å². The Bertz CT molecular complexity index is 8300. The molecule has 8 N–H and O–H groups in total. The van der Waals surface area contributed by atoms with Crippen molar-refractivity contribution in [3.05, 3.63) is 306 Å². The zero-order valence-electron chi connectivity index (χ0n) is 80.1. The van der Waals surface area contributed by atoms with Crippen molar-refractivity contribution in [2.24, 2.45) is 0 Å². The lowest BCUT2D eigenvalue weighted by atomic mass is 10.1. The Morgan fingerprint density at radius 3 is 1.22 bits per heavy atom. The number of nitrogens with zero attached hydrogens (tertiary/aromatic N) is 17. The number of nitrogens with one attached hydrogen (secondary N) is 8. The highest BCUT2D eigenvalue weighted by molar-refractivity contribution is 7.20. The fourth-order valence-electron chi connectivity index (χ4n) is 15.0. The van der Waals surface area contributed by atoms with E-state index in [0.29, 0.717) is 89.3 Å². The molecule has 16 aromatic heterocycles. The molecule has 5 aromatic carbocycles. The van der Waals surface area contributed by atoms with Gasteiger partial charge in [-0.1, -0.05) is 82.3 Å². The molecular weight excluding hydrogens is 2060 g/mol. The summed E-state index contributed by atoms with van der Waals surface area (Å²) in [6.07, 6.45) is 29.2. The lowest BCUT2D eigenvalue weighted by molar-refractivity contribution is -0.117. The van der Waals surface area contributed by atoms with Gasteiger partial charge in [0.05, 0.1) is 114 Å². The van der Waals surface area contributed by atoms with Gasteiger partial charge in [0.1, 0.15) is 88.9 Å². The van der Waals surface area contributed by atoms with Gasteiger partial charge in [0, 0.05) is 192 Å². The number of H-pyrrole nitrogens is 5. The average Bonchev–Trinajstić information content (AvgIpc) is 1.64. The molecule has 0 aliphatic heterocycles. The monoisotopic (exact) mass is 2140 g/mol. The number of methoxy groups -OCH3 is 4. The van der Waals surface area contributed by atoms with Gasteiger partial charge in [-0.2, -0.15) is 5.10 Å². The molecule has 0 aliphatic carbocycles. The summed E-state index contributed by atoms with van der Waals surface area (Å²) in [4.78, 5) is 145.